The fourth-order valence-electron chi connectivity index (χ4n) is 1.000. The number of aromatic nitrogens is 1. The lowest BCUT2D eigenvalue weighted by Crippen LogP contribution is -2.23. The van der Waals surface area contributed by atoms with Crippen molar-refractivity contribution in [1.29, 1.82) is 0 Å². The molecule has 0 N–H and O–H groups in total. The first-order valence-electron chi connectivity index (χ1n) is 4.54. The number of sulfone groups is 1. The molecule has 0 amide bonds. The van der Waals surface area contributed by atoms with E-state index in [0.717, 1.165) is 6.26 Å². The Labute approximate surface area is 90.2 Å². The van der Waals surface area contributed by atoms with E-state index < -0.39 is 9.84 Å². The molecule has 1 aromatic rings. The van der Waals surface area contributed by atoms with Gasteiger partial charge < -0.3 is 4.74 Å². The second-order valence-corrected chi connectivity index (χ2v) is 6.28. The molecule has 0 bridgehead atoms. The van der Waals surface area contributed by atoms with E-state index in [0.29, 0.717) is 5.75 Å². The summed E-state index contributed by atoms with van der Waals surface area (Å²) in [6.07, 6.45) is 2.54. The summed E-state index contributed by atoms with van der Waals surface area (Å²) in [7, 11) is -3.23. The maximum Gasteiger partial charge on any atom is 0.192 e. The SMILES string of the molecule is CC(C)(C)Oc1ccc(S(C)(=O)=O)nc1. The van der Waals surface area contributed by atoms with Crippen LogP contribution in [0.5, 0.6) is 5.75 Å². The Kier molecular flexibility index (Phi) is 3.04. The minimum atomic E-state index is -3.23. The average molecular weight is 229 g/mol. The summed E-state index contributed by atoms with van der Waals surface area (Å²) in [4.78, 5) is 3.82. The van der Waals surface area contributed by atoms with Gasteiger partial charge in [0.15, 0.2) is 14.9 Å². The van der Waals surface area contributed by atoms with Crippen molar-refractivity contribution < 1.29 is 13.2 Å². The second-order valence-electron chi connectivity index (χ2n) is 4.32. The topological polar surface area (TPSA) is 56.3 Å². The Balaban J connectivity index is 2.92. The zero-order chi connectivity index (χ0) is 11.7. The van der Waals surface area contributed by atoms with Crippen molar-refractivity contribution in [3.8, 4) is 5.75 Å². The van der Waals surface area contributed by atoms with Gasteiger partial charge in [-0.05, 0) is 32.9 Å². The molecule has 0 atom stereocenters. The van der Waals surface area contributed by atoms with Crippen LogP contribution in [0.25, 0.3) is 0 Å². The minimum absolute atomic E-state index is 0.0590. The van der Waals surface area contributed by atoms with Gasteiger partial charge in [-0.2, -0.15) is 0 Å². The third-order valence-electron chi connectivity index (χ3n) is 1.51. The normalized spacial score (nSPS) is 12.5. The Morgan fingerprint density at radius 3 is 2.20 bits per heavy atom. The van der Waals surface area contributed by atoms with Crippen molar-refractivity contribution in [2.75, 3.05) is 6.26 Å². The predicted octanol–water partition coefficient (Wildman–Crippen LogP) is 1.66. The van der Waals surface area contributed by atoms with E-state index in [9.17, 15) is 8.42 Å². The molecule has 0 unspecified atom stereocenters. The maximum atomic E-state index is 11.1. The molecule has 0 saturated heterocycles. The number of hydrogen-bond donors (Lipinski definition) is 0. The number of pyridine rings is 1. The van der Waals surface area contributed by atoms with Gasteiger partial charge in [0.05, 0.1) is 6.20 Å². The van der Waals surface area contributed by atoms with Gasteiger partial charge in [0.25, 0.3) is 0 Å². The zero-order valence-corrected chi connectivity index (χ0v) is 10.1. The van der Waals surface area contributed by atoms with Gasteiger partial charge in [0.1, 0.15) is 11.4 Å². The van der Waals surface area contributed by atoms with Crippen molar-refractivity contribution >= 4 is 9.84 Å². The summed E-state index contributed by atoms with van der Waals surface area (Å²) in [6.45, 7) is 5.74. The van der Waals surface area contributed by atoms with Crippen molar-refractivity contribution in [3.05, 3.63) is 18.3 Å². The fourth-order valence-corrected chi connectivity index (χ4v) is 1.56. The van der Waals surface area contributed by atoms with Gasteiger partial charge in [-0.15, -0.1) is 0 Å². The zero-order valence-electron chi connectivity index (χ0n) is 9.31. The van der Waals surface area contributed by atoms with Crippen LogP contribution < -0.4 is 4.74 Å². The molecule has 0 radical (unpaired) electrons. The van der Waals surface area contributed by atoms with Crippen LogP contribution >= 0.6 is 0 Å². The molecule has 0 fully saturated rings. The lowest BCUT2D eigenvalue weighted by Gasteiger charge is -2.20. The largest absolute Gasteiger partial charge is 0.487 e. The fraction of sp³-hybridized carbons (Fsp3) is 0.500. The van der Waals surface area contributed by atoms with Crippen LogP contribution in [0.1, 0.15) is 20.8 Å². The highest BCUT2D eigenvalue weighted by molar-refractivity contribution is 7.90. The molecule has 1 rings (SSSR count). The number of ether oxygens (including phenoxy) is 1. The third kappa shape index (κ3) is 3.87. The first-order chi connectivity index (χ1) is 6.68. The maximum absolute atomic E-state index is 11.1. The van der Waals surface area contributed by atoms with Crippen LogP contribution in [0.3, 0.4) is 0 Å². The molecule has 1 heterocycles. The molecule has 0 aromatic carbocycles. The highest BCUT2D eigenvalue weighted by Gasteiger charge is 2.13. The lowest BCUT2D eigenvalue weighted by molar-refractivity contribution is 0.130. The van der Waals surface area contributed by atoms with Crippen LogP contribution in [0.15, 0.2) is 23.4 Å². The molecule has 0 aliphatic rings. The Morgan fingerprint density at radius 1 is 1.27 bits per heavy atom. The molecule has 15 heavy (non-hydrogen) atoms. The average Bonchev–Trinajstić information content (AvgIpc) is 2.00. The van der Waals surface area contributed by atoms with Gasteiger partial charge >= 0.3 is 0 Å². The smallest absolute Gasteiger partial charge is 0.192 e. The van der Waals surface area contributed by atoms with E-state index in [1.54, 1.807) is 6.07 Å². The molecule has 0 saturated carbocycles. The summed E-state index contributed by atoms with van der Waals surface area (Å²) in [5.41, 5.74) is -0.311. The van der Waals surface area contributed by atoms with E-state index in [1.807, 2.05) is 20.8 Å². The van der Waals surface area contributed by atoms with E-state index in [2.05, 4.69) is 4.98 Å². The van der Waals surface area contributed by atoms with Crippen LogP contribution in [0.4, 0.5) is 0 Å². The van der Waals surface area contributed by atoms with Crippen molar-refractivity contribution in [3.63, 3.8) is 0 Å². The van der Waals surface area contributed by atoms with E-state index in [-0.39, 0.29) is 10.6 Å². The summed E-state index contributed by atoms with van der Waals surface area (Å²) in [6, 6.07) is 3.05. The highest BCUT2D eigenvalue weighted by atomic mass is 32.2. The minimum Gasteiger partial charge on any atom is -0.487 e. The summed E-state index contributed by atoms with van der Waals surface area (Å²) in [5.74, 6) is 0.565. The first-order valence-corrected chi connectivity index (χ1v) is 6.43. The van der Waals surface area contributed by atoms with Crippen molar-refractivity contribution in [2.45, 2.75) is 31.4 Å². The number of hydrogen-bond acceptors (Lipinski definition) is 4. The second kappa shape index (κ2) is 3.81. The standard InChI is InChI=1S/C10H15NO3S/c1-10(2,3)14-8-5-6-9(11-7-8)15(4,12)13/h5-7H,1-4H3. The lowest BCUT2D eigenvalue weighted by atomic mass is 10.2. The molecule has 5 heteroatoms. The van der Waals surface area contributed by atoms with Gasteiger partial charge in [0.2, 0.25) is 0 Å². The Morgan fingerprint density at radius 2 is 1.87 bits per heavy atom. The number of nitrogens with zero attached hydrogens (tertiary/aromatic N) is 1. The molecule has 0 spiro atoms. The van der Waals surface area contributed by atoms with Gasteiger partial charge in [0, 0.05) is 6.26 Å². The molecule has 1 aromatic heterocycles. The monoisotopic (exact) mass is 229 g/mol. The summed E-state index contributed by atoms with van der Waals surface area (Å²) in [5, 5.41) is 0.0590. The first kappa shape index (κ1) is 12.0. The van der Waals surface area contributed by atoms with Crippen LogP contribution in [0, 0.1) is 0 Å². The molecule has 0 aliphatic carbocycles. The molecule has 84 valence electrons. The predicted molar refractivity (Wildman–Crippen MR) is 57.7 cm³/mol. The molecule has 0 aliphatic heterocycles. The van der Waals surface area contributed by atoms with Gasteiger partial charge in [-0.25, -0.2) is 13.4 Å². The van der Waals surface area contributed by atoms with Gasteiger partial charge in [-0.1, -0.05) is 0 Å². The van der Waals surface area contributed by atoms with Crippen LogP contribution in [0.2, 0.25) is 0 Å². The van der Waals surface area contributed by atoms with E-state index in [1.165, 1.54) is 12.3 Å². The van der Waals surface area contributed by atoms with Crippen molar-refractivity contribution in [2.24, 2.45) is 0 Å². The quantitative estimate of drug-likeness (QED) is 0.774. The highest BCUT2D eigenvalue weighted by Crippen LogP contribution is 2.17. The van der Waals surface area contributed by atoms with Crippen LogP contribution in [-0.4, -0.2) is 25.3 Å². The molecule has 4 nitrogen and oxygen atoms in total. The van der Waals surface area contributed by atoms with E-state index in [4.69, 9.17) is 4.74 Å². The van der Waals surface area contributed by atoms with Crippen LogP contribution in [-0.2, 0) is 9.84 Å². The third-order valence-corrected chi connectivity index (χ3v) is 2.51. The van der Waals surface area contributed by atoms with E-state index >= 15 is 0 Å². The Bertz CT molecular complexity index is 429. The summed E-state index contributed by atoms with van der Waals surface area (Å²) < 4.78 is 27.8. The molecular weight excluding hydrogens is 214 g/mol. The number of rotatable bonds is 2. The summed E-state index contributed by atoms with van der Waals surface area (Å²) >= 11 is 0. The van der Waals surface area contributed by atoms with Gasteiger partial charge in [-0.3, -0.25) is 0 Å². The molecular formula is C10H15NO3S. The Hall–Kier alpha value is -1.10. The van der Waals surface area contributed by atoms with Crippen molar-refractivity contribution in [1.82, 2.24) is 4.98 Å².